The van der Waals surface area contributed by atoms with Crippen LogP contribution in [0.2, 0.25) is 0 Å². The molecular formula is C16H21NO. The van der Waals surface area contributed by atoms with E-state index in [9.17, 15) is 10.4 Å². The summed E-state index contributed by atoms with van der Waals surface area (Å²) in [4.78, 5) is 0. The van der Waals surface area contributed by atoms with Gasteiger partial charge in [0.25, 0.3) is 0 Å². The van der Waals surface area contributed by atoms with Crippen LogP contribution >= 0.6 is 0 Å². The second-order valence-corrected chi connectivity index (χ2v) is 5.83. The Bertz CT molecular complexity index is 446. The maximum Gasteiger partial charge on any atom is 0.105 e. The molecule has 2 rings (SSSR count). The van der Waals surface area contributed by atoms with Crippen molar-refractivity contribution in [3.8, 4) is 6.07 Å². The van der Waals surface area contributed by atoms with E-state index >= 15 is 0 Å². The van der Waals surface area contributed by atoms with Gasteiger partial charge >= 0.3 is 0 Å². The maximum absolute atomic E-state index is 11.0. The summed E-state index contributed by atoms with van der Waals surface area (Å²) in [5.74, 6) is 0.508. The number of nitriles is 1. The Labute approximate surface area is 109 Å². The van der Waals surface area contributed by atoms with Crippen LogP contribution in [0.5, 0.6) is 0 Å². The van der Waals surface area contributed by atoms with Gasteiger partial charge in [-0.1, -0.05) is 50.1 Å². The zero-order chi connectivity index (χ0) is 13.2. The van der Waals surface area contributed by atoms with E-state index in [1.54, 1.807) is 6.92 Å². The van der Waals surface area contributed by atoms with Crippen molar-refractivity contribution < 1.29 is 5.11 Å². The van der Waals surface area contributed by atoms with Crippen molar-refractivity contribution in [3.05, 3.63) is 35.9 Å². The van der Waals surface area contributed by atoms with Gasteiger partial charge in [0.2, 0.25) is 0 Å². The van der Waals surface area contributed by atoms with Crippen molar-refractivity contribution in [2.75, 3.05) is 0 Å². The summed E-state index contributed by atoms with van der Waals surface area (Å²) in [5, 5.41) is 20.6. The van der Waals surface area contributed by atoms with Crippen LogP contribution in [0, 0.1) is 22.7 Å². The summed E-state index contributed by atoms with van der Waals surface area (Å²) in [5.41, 5.74) is -0.871. The highest BCUT2D eigenvalue weighted by molar-refractivity contribution is 5.28. The van der Waals surface area contributed by atoms with Crippen LogP contribution < -0.4 is 0 Å². The molecule has 1 fully saturated rings. The molecule has 2 heteroatoms. The molecular weight excluding hydrogens is 222 g/mol. The Hall–Kier alpha value is -1.33. The number of rotatable bonds is 2. The average molecular weight is 243 g/mol. The first kappa shape index (κ1) is 13.1. The summed E-state index contributed by atoms with van der Waals surface area (Å²) < 4.78 is 0. The maximum atomic E-state index is 11.0. The van der Waals surface area contributed by atoms with E-state index in [2.05, 4.69) is 13.0 Å². The number of hydrogen-bond acceptors (Lipinski definition) is 2. The van der Waals surface area contributed by atoms with Crippen molar-refractivity contribution in [1.29, 1.82) is 5.26 Å². The molecule has 1 saturated carbocycles. The number of nitrogens with zero attached hydrogens (tertiary/aromatic N) is 1. The van der Waals surface area contributed by atoms with Crippen molar-refractivity contribution in [1.82, 2.24) is 0 Å². The smallest absolute Gasteiger partial charge is 0.105 e. The molecule has 3 atom stereocenters. The molecule has 0 aromatic heterocycles. The Morgan fingerprint density at radius 3 is 2.61 bits per heavy atom. The van der Waals surface area contributed by atoms with Crippen LogP contribution in [-0.2, 0) is 5.60 Å². The third-order valence-corrected chi connectivity index (χ3v) is 4.48. The van der Waals surface area contributed by atoms with Crippen LogP contribution in [0.15, 0.2) is 30.3 Å². The molecule has 0 spiro atoms. The first-order valence-corrected chi connectivity index (χ1v) is 6.71. The highest BCUT2D eigenvalue weighted by Gasteiger charge is 2.50. The molecule has 1 aliphatic carbocycles. The Morgan fingerprint density at radius 1 is 1.39 bits per heavy atom. The summed E-state index contributed by atoms with van der Waals surface area (Å²) in [6.07, 6.45) is 3.76. The lowest BCUT2D eigenvalue weighted by Gasteiger charge is -2.45. The SMILES string of the molecule is CC1CCCC(C#N)(C(C)(O)c2ccccc2)C1. The van der Waals surface area contributed by atoms with Gasteiger partial charge in [0.1, 0.15) is 5.60 Å². The molecule has 0 amide bonds. The monoisotopic (exact) mass is 243 g/mol. The highest BCUT2D eigenvalue weighted by Crippen LogP contribution is 2.50. The van der Waals surface area contributed by atoms with Gasteiger partial charge in [0, 0.05) is 0 Å². The van der Waals surface area contributed by atoms with Gasteiger partial charge in [-0.2, -0.15) is 5.26 Å². The van der Waals surface area contributed by atoms with E-state index in [1.807, 2.05) is 30.3 Å². The Morgan fingerprint density at radius 2 is 2.06 bits per heavy atom. The zero-order valence-corrected chi connectivity index (χ0v) is 11.2. The topological polar surface area (TPSA) is 44.0 Å². The lowest BCUT2D eigenvalue weighted by atomic mass is 9.60. The molecule has 0 radical (unpaired) electrons. The Balaban J connectivity index is 2.41. The average Bonchev–Trinajstić information content (AvgIpc) is 2.39. The third kappa shape index (κ3) is 2.04. The predicted molar refractivity (Wildman–Crippen MR) is 71.7 cm³/mol. The van der Waals surface area contributed by atoms with Crippen LogP contribution in [0.3, 0.4) is 0 Å². The number of aliphatic hydroxyl groups is 1. The fourth-order valence-corrected chi connectivity index (χ4v) is 3.24. The van der Waals surface area contributed by atoms with Gasteiger partial charge in [-0.25, -0.2) is 0 Å². The molecule has 0 aliphatic heterocycles. The summed E-state index contributed by atoms with van der Waals surface area (Å²) in [6.45, 7) is 3.97. The molecule has 1 aromatic carbocycles. The standard InChI is InChI=1S/C16H21NO/c1-13-7-6-10-16(11-13,12-17)15(2,18)14-8-4-3-5-9-14/h3-5,8-9,13,18H,6-7,10-11H2,1-2H3. The number of hydrogen-bond donors (Lipinski definition) is 1. The predicted octanol–water partition coefficient (Wildman–Crippen LogP) is 3.61. The minimum Gasteiger partial charge on any atom is -0.384 e. The first-order chi connectivity index (χ1) is 8.52. The van der Waals surface area contributed by atoms with Crippen LogP contribution in [0.25, 0.3) is 0 Å². The van der Waals surface area contributed by atoms with Crippen molar-refractivity contribution >= 4 is 0 Å². The molecule has 0 bridgehead atoms. The number of benzene rings is 1. The molecule has 1 aromatic rings. The summed E-state index contributed by atoms with van der Waals surface area (Å²) in [7, 11) is 0. The molecule has 2 nitrogen and oxygen atoms in total. The Kier molecular flexibility index (Phi) is 3.45. The molecule has 1 N–H and O–H groups in total. The minimum absolute atomic E-state index is 0.508. The van der Waals surface area contributed by atoms with Gasteiger partial charge in [-0.05, 0) is 31.2 Å². The summed E-state index contributed by atoms with van der Waals surface area (Å²) >= 11 is 0. The normalized spacial score (nSPS) is 31.3. The van der Waals surface area contributed by atoms with E-state index in [-0.39, 0.29) is 0 Å². The second-order valence-electron chi connectivity index (χ2n) is 5.83. The van der Waals surface area contributed by atoms with E-state index in [1.165, 1.54) is 0 Å². The quantitative estimate of drug-likeness (QED) is 0.862. The third-order valence-electron chi connectivity index (χ3n) is 4.48. The van der Waals surface area contributed by atoms with Crippen LogP contribution in [0.4, 0.5) is 0 Å². The van der Waals surface area contributed by atoms with Gasteiger partial charge in [0.05, 0.1) is 11.5 Å². The van der Waals surface area contributed by atoms with Crippen LogP contribution in [-0.4, -0.2) is 5.11 Å². The highest BCUT2D eigenvalue weighted by atomic mass is 16.3. The molecule has 18 heavy (non-hydrogen) atoms. The largest absolute Gasteiger partial charge is 0.384 e. The van der Waals surface area contributed by atoms with Gasteiger partial charge in [-0.15, -0.1) is 0 Å². The van der Waals surface area contributed by atoms with E-state index in [0.29, 0.717) is 5.92 Å². The van der Waals surface area contributed by atoms with E-state index in [4.69, 9.17) is 0 Å². The van der Waals surface area contributed by atoms with Gasteiger partial charge < -0.3 is 5.11 Å². The van der Waals surface area contributed by atoms with Crippen molar-refractivity contribution in [2.45, 2.75) is 45.1 Å². The summed E-state index contributed by atoms with van der Waals surface area (Å²) in [6, 6.07) is 12.0. The van der Waals surface area contributed by atoms with Gasteiger partial charge in [0.15, 0.2) is 0 Å². The van der Waals surface area contributed by atoms with Gasteiger partial charge in [-0.3, -0.25) is 0 Å². The van der Waals surface area contributed by atoms with Crippen molar-refractivity contribution in [2.24, 2.45) is 11.3 Å². The molecule has 96 valence electrons. The molecule has 0 saturated heterocycles. The lowest BCUT2D eigenvalue weighted by molar-refractivity contribution is -0.0720. The first-order valence-electron chi connectivity index (χ1n) is 6.71. The molecule has 1 aliphatic rings. The molecule has 3 unspecified atom stereocenters. The minimum atomic E-state index is -1.07. The lowest BCUT2D eigenvalue weighted by Crippen LogP contribution is -2.45. The van der Waals surface area contributed by atoms with Crippen molar-refractivity contribution in [3.63, 3.8) is 0 Å². The molecule has 0 heterocycles. The zero-order valence-electron chi connectivity index (χ0n) is 11.2. The second kappa shape index (κ2) is 4.74. The fraction of sp³-hybridized carbons (Fsp3) is 0.562. The van der Waals surface area contributed by atoms with E-state index in [0.717, 1.165) is 31.2 Å². The van der Waals surface area contributed by atoms with Crippen LogP contribution in [0.1, 0.15) is 45.1 Å². The fourth-order valence-electron chi connectivity index (χ4n) is 3.24. The van der Waals surface area contributed by atoms with E-state index < -0.39 is 11.0 Å².